The zero-order chi connectivity index (χ0) is 25.2. The second kappa shape index (κ2) is 9.98. The lowest BCUT2D eigenvalue weighted by atomic mass is 9.86. The molecule has 0 unspecified atom stereocenters. The van der Waals surface area contributed by atoms with Crippen molar-refractivity contribution < 1.29 is 0 Å². The number of aromatic nitrogens is 2. The van der Waals surface area contributed by atoms with Crippen molar-refractivity contribution in [1.29, 1.82) is 0 Å². The summed E-state index contributed by atoms with van der Waals surface area (Å²) in [6, 6.07) is 23.1. The quantitative estimate of drug-likeness (QED) is 0.306. The molecular formula is C30H35N5. The first-order valence-electron chi connectivity index (χ1n) is 12.0. The molecule has 0 aliphatic rings. The van der Waals surface area contributed by atoms with Crippen LogP contribution in [0.25, 0.3) is 22.5 Å². The van der Waals surface area contributed by atoms with Crippen LogP contribution in [0.1, 0.15) is 54.9 Å². The SMILES string of the molecule is CNc1ccnc(-c2cc(C)cc(Cc3cc(C(N)N)cc(-c4cccc(C(C)(C)C)c4)n3)c2)c1. The first-order chi connectivity index (χ1) is 16.6. The number of rotatable bonds is 6. The lowest BCUT2D eigenvalue weighted by Crippen LogP contribution is -2.20. The Balaban J connectivity index is 1.73. The van der Waals surface area contributed by atoms with Gasteiger partial charge in [0.05, 0.1) is 17.6 Å². The summed E-state index contributed by atoms with van der Waals surface area (Å²) in [6.45, 7) is 8.76. The fourth-order valence-electron chi connectivity index (χ4n) is 4.25. The van der Waals surface area contributed by atoms with Crippen molar-refractivity contribution in [2.75, 3.05) is 12.4 Å². The highest BCUT2D eigenvalue weighted by molar-refractivity contribution is 5.66. The minimum absolute atomic E-state index is 0.0529. The largest absolute Gasteiger partial charge is 0.388 e. The Hall–Kier alpha value is -3.54. The molecule has 0 saturated carbocycles. The van der Waals surface area contributed by atoms with Gasteiger partial charge in [-0.1, -0.05) is 50.6 Å². The van der Waals surface area contributed by atoms with Crippen molar-refractivity contribution in [3.05, 3.63) is 101 Å². The highest BCUT2D eigenvalue weighted by Gasteiger charge is 2.16. The van der Waals surface area contributed by atoms with E-state index in [1.807, 2.05) is 31.4 Å². The van der Waals surface area contributed by atoms with E-state index in [0.29, 0.717) is 6.42 Å². The van der Waals surface area contributed by atoms with Crippen LogP contribution in [0.15, 0.2) is 72.9 Å². The number of nitrogens with two attached hydrogens (primary N) is 2. The van der Waals surface area contributed by atoms with Gasteiger partial charge in [0.1, 0.15) is 0 Å². The van der Waals surface area contributed by atoms with E-state index < -0.39 is 6.17 Å². The molecule has 2 aromatic carbocycles. The molecule has 0 atom stereocenters. The molecule has 0 saturated heterocycles. The minimum Gasteiger partial charge on any atom is -0.388 e. The molecular weight excluding hydrogens is 430 g/mol. The number of benzene rings is 2. The van der Waals surface area contributed by atoms with E-state index >= 15 is 0 Å². The number of nitrogens with zero attached hydrogens (tertiary/aromatic N) is 2. The number of hydrogen-bond acceptors (Lipinski definition) is 5. The Labute approximate surface area is 208 Å². The molecule has 0 radical (unpaired) electrons. The normalized spacial score (nSPS) is 11.7. The van der Waals surface area contributed by atoms with Crippen LogP contribution in [0.4, 0.5) is 5.69 Å². The summed E-state index contributed by atoms with van der Waals surface area (Å²) in [5.74, 6) is 0. The Morgan fingerprint density at radius 1 is 0.886 bits per heavy atom. The first-order valence-corrected chi connectivity index (χ1v) is 12.0. The molecule has 4 rings (SSSR count). The second-order valence-electron chi connectivity index (χ2n) is 10.2. The van der Waals surface area contributed by atoms with Gasteiger partial charge in [-0.05, 0) is 71.5 Å². The lowest BCUT2D eigenvalue weighted by Gasteiger charge is -2.20. The summed E-state index contributed by atoms with van der Waals surface area (Å²) in [5, 5.41) is 3.18. The maximum Gasteiger partial charge on any atom is 0.0786 e. The lowest BCUT2D eigenvalue weighted by molar-refractivity contribution is 0.590. The third-order valence-corrected chi connectivity index (χ3v) is 6.18. The molecule has 0 amide bonds. The van der Waals surface area contributed by atoms with E-state index in [1.165, 1.54) is 16.7 Å². The predicted molar refractivity (Wildman–Crippen MR) is 146 cm³/mol. The van der Waals surface area contributed by atoms with Crippen molar-refractivity contribution >= 4 is 5.69 Å². The van der Waals surface area contributed by atoms with E-state index in [2.05, 4.69) is 86.5 Å². The van der Waals surface area contributed by atoms with Crippen LogP contribution in [0.2, 0.25) is 0 Å². The molecule has 0 aliphatic heterocycles. The molecule has 0 bridgehead atoms. The zero-order valence-electron chi connectivity index (χ0n) is 21.3. The monoisotopic (exact) mass is 465 g/mol. The third kappa shape index (κ3) is 5.94. The Morgan fingerprint density at radius 3 is 2.40 bits per heavy atom. The fourth-order valence-corrected chi connectivity index (χ4v) is 4.25. The molecule has 35 heavy (non-hydrogen) atoms. The van der Waals surface area contributed by atoms with Crippen molar-refractivity contribution in [2.45, 2.75) is 45.7 Å². The highest BCUT2D eigenvalue weighted by atomic mass is 14.9. The van der Waals surface area contributed by atoms with Crippen LogP contribution in [-0.4, -0.2) is 17.0 Å². The van der Waals surface area contributed by atoms with Crippen LogP contribution >= 0.6 is 0 Å². The maximum absolute atomic E-state index is 6.11. The van der Waals surface area contributed by atoms with Crippen molar-refractivity contribution in [3.63, 3.8) is 0 Å². The van der Waals surface area contributed by atoms with E-state index in [4.69, 9.17) is 16.5 Å². The van der Waals surface area contributed by atoms with E-state index in [9.17, 15) is 0 Å². The Kier molecular flexibility index (Phi) is 7.01. The van der Waals surface area contributed by atoms with Gasteiger partial charge in [-0.15, -0.1) is 0 Å². The number of hydrogen-bond donors (Lipinski definition) is 3. The molecule has 0 aliphatic carbocycles. The average Bonchev–Trinajstić information content (AvgIpc) is 2.83. The third-order valence-electron chi connectivity index (χ3n) is 6.18. The van der Waals surface area contributed by atoms with E-state index in [0.717, 1.165) is 39.5 Å². The summed E-state index contributed by atoms with van der Waals surface area (Å²) in [5.41, 5.74) is 22.7. The number of anilines is 1. The van der Waals surface area contributed by atoms with E-state index in [1.54, 1.807) is 0 Å². The molecule has 2 heterocycles. The van der Waals surface area contributed by atoms with Gasteiger partial charge in [0, 0.05) is 42.2 Å². The maximum atomic E-state index is 6.11. The van der Waals surface area contributed by atoms with Crippen LogP contribution in [-0.2, 0) is 11.8 Å². The van der Waals surface area contributed by atoms with Gasteiger partial charge in [0.25, 0.3) is 0 Å². The fraction of sp³-hybridized carbons (Fsp3) is 0.267. The van der Waals surface area contributed by atoms with Crippen LogP contribution in [0.3, 0.4) is 0 Å². The van der Waals surface area contributed by atoms with Gasteiger partial charge in [-0.2, -0.15) is 0 Å². The summed E-state index contributed by atoms with van der Waals surface area (Å²) in [4.78, 5) is 9.60. The smallest absolute Gasteiger partial charge is 0.0786 e. The van der Waals surface area contributed by atoms with Crippen molar-refractivity contribution in [2.24, 2.45) is 11.5 Å². The van der Waals surface area contributed by atoms with Crippen molar-refractivity contribution in [1.82, 2.24) is 9.97 Å². The number of nitrogens with one attached hydrogen (secondary N) is 1. The Morgan fingerprint density at radius 2 is 1.69 bits per heavy atom. The zero-order valence-corrected chi connectivity index (χ0v) is 21.3. The second-order valence-corrected chi connectivity index (χ2v) is 10.2. The Bertz CT molecular complexity index is 1330. The summed E-state index contributed by atoms with van der Waals surface area (Å²) < 4.78 is 0. The molecule has 5 N–H and O–H groups in total. The van der Waals surface area contributed by atoms with Crippen LogP contribution < -0.4 is 16.8 Å². The molecule has 5 heteroatoms. The van der Waals surface area contributed by atoms with Gasteiger partial charge in [0.15, 0.2) is 0 Å². The van der Waals surface area contributed by atoms with E-state index in [-0.39, 0.29) is 5.41 Å². The number of aryl methyl sites for hydroxylation is 1. The molecule has 0 spiro atoms. The average molecular weight is 466 g/mol. The first kappa shape index (κ1) is 24.6. The van der Waals surface area contributed by atoms with Crippen molar-refractivity contribution in [3.8, 4) is 22.5 Å². The molecule has 2 aromatic heterocycles. The molecule has 5 nitrogen and oxygen atoms in total. The summed E-state index contributed by atoms with van der Waals surface area (Å²) >= 11 is 0. The topological polar surface area (TPSA) is 89.8 Å². The van der Waals surface area contributed by atoms with Gasteiger partial charge in [-0.3, -0.25) is 9.97 Å². The van der Waals surface area contributed by atoms with Crippen LogP contribution in [0, 0.1) is 6.92 Å². The number of pyridine rings is 2. The van der Waals surface area contributed by atoms with Gasteiger partial charge in [0.2, 0.25) is 0 Å². The van der Waals surface area contributed by atoms with Crippen LogP contribution in [0.5, 0.6) is 0 Å². The summed E-state index contributed by atoms with van der Waals surface area (Å²) in [6.07, 6.45) is 1.93. The van der Waals surface area contributed by atoms with Gasteiger partial charge < -0.3 is 16.8 Å². The van der Waals surface area contributed by atoms with Gasteiger partial charge in [-0.25, -0.2) is 0 Å². The predicted octanol–water partition coefficient (Wildman–Crippen LogP) is 5.97. The molecule has 0 fully saturated rings. The standard InChI is InChI=1S/C30H35N5/c1-19-11-20(13-22(12-19)27-18-25(33-5)9-10-34-27)14-26-16-23(29(31)32)17-28(35-26)21-7-6-8-24(15-21)30(2,3)4/h6-13,15-18,29H,14,31-32H2,1-5H3,(H,33,34). The minimum atomic E-state index is -0.567. The highest BCUT2D eigenvalue weighted by Crippen LogP contribution is 2.29. The van der Waals surface area contributed by atoms with Gasteiger partial charge >= 0.3 is 0 Å². The molecule has 180 valence electrons. The summed E-state index contributed by atoms with van der Waals surface area (Å²) in [7, 11) is 1.91. The molecule has 4 aromatic rings.